The van der Waals surface area contributed by atoms with Gasteiger partial charge in [0.15, 0.2) is 0 Å². The van der Waals surface area contributed by atoms with E-state index in [1.54, 1.807) is 0 Å². The van der Waals surface area contributed by atoms with E-state index in [0.717, 1.165) is 44.7 Å². The lowest BCUT2D eigenvalue weighted by molar-refractivity contribution is 0.0950. The fourth-order valence-corrected chi connectivity index (χ4v) is 3.50. The molecule has 1 aliphatic rings. The minimum absolute atomic E-state index is 0. The first kappa shape index (κ1) is 24.6. The van der Waals surface area contributed by atoms with E-state index >= 15 is 0 Å². The summed E-state index contributed by atoms with van der Waals surface area (Å²) in [6, 6.07) is 10.8. The molecule has 2 heterocycles. The first-order valence-electron chi connectivity index (χ1n) is 10.3. The molecule has 1 fully saturated rings. The van der Waals surface area contributed by atoms with Crippen molar-refractivity contribution in [2.45, 2.75) is 13.0 Å². The predicted octanol–water partition coefficient (Wildman–Crippen LogP) is 0.703. The predicted molar refractivity (Wildman–Crippen MR) is 123 cm³/mol. The van der Waals surface area contributed by atoms with Crippen LogP contribution in [0.15, 0.2) is 47.4 Å². The summed E-state index contributed by atoms with van der Waals surface area (Å²) in [7, 11) is 1.46. The van der Waals surface area contributed by atoms with Crippen molar-refractivity contribution in [3.05, 3.63) is 69.6 Å². The van der Waals surface area contributed by atoms with E-state index in [1.807, 2.05) is 30.3 Å². The van der Waals surface area contributed by atoms with E-state index < -0.39 is 11.5 Å². The minimum atomic E-state index is -0.504. The lowest BCUT2D eigenvalue weighted by atomic mass is 10.1. The van der Waals surface area contributed by atoms with Crippen molar-refractivity contribution in [1.82, 2.24) is 25.4 Å². The third-order valence-corrected chi connectivity index (χ3v) is 5.16. The third-order valence-electron chi connectivity index (χ3n) is 5.16. The second-order valence-electron chi connectivity index (χ2n) is 7.34. The summed E-state index contributed by atoms with van der Waals surface area (Å²) in [4.78, 5) is 40.0. The van der Waals surface area contributed by atoms with Gasteiger partial charge in [0.25, 0.3) is 17.4 Å². The molecule has 2 aromatic rings. The standard InChI is InChI=1S/C22H29N5O3.ClH/c1-23-21(29)19-14-18(16-27(22(19)30)15-17-6-3-2-4-7-17)20(28)25-8-5-11-26-12-9-24-10-13-26;/h2-4,6-7,14,16,24H,5,8-13,15H2,1H3,(H,23,29)(H,25,28);1H. The van der Waals surface area contributed by atoms with Crippen molar-refractivity contribution in [1.29, 1.82) is 0 Å². The molecule has 0 radical (unpaired) electrons. The topological polar surface area (TPSA) is 95.5 Å². The van der Waals surface area contributed by atoms with Gasteiger partial charge in [-0.25, -0.2) is 0 Å². The number of carbonyl (C=O) groups excluding carboxylic acids is 2. The molecule has 0 unspecified atom stereocenters. The van der Waals surface area contributed by atoms with E-state index in [-0.39, 0.29) is 30.4 Å². The van der Waals surface area contributed by atoms with Gasteiger partial charge in [-0.2, -0.15) is 0 Å². The summed E-state index contributed by atoms with van der Waals surface area (Å²) < 4.78 is 1.41. The van der Waals surface area contributed by atoms with E-state index in [2.05, 4.69) is 20.9 Å². The number of hydrogen-bond acceptors (Lipinski definition) is 5. The number of carbonyl (C=O) groups is 2. The quantitative estimate of drug-likeness (QED) is 0.518. The fourth-order valence-electron chi connectivity index (χ4n) is 3.50. The minimum Gasteiger partial charge on any atom is -0.355 e. The molecule has 1 aliphatic heterocycles. The molecule has 0 saturated carbocycles. The Balaban J connectivity index is 0.00000341. The Morgan fingerprint density at radius 1 is 1.10 bits per heavy atom. The Bertz CT molecular complexity index is 926. The van der Waals surface area contributed by atoms with Crippen LogP contribution in [-0.2, 0) is 6.54 Å². The van der Waals surface area contributed by atoms with Gasteiger partial charge in [-0.1, -0.05) is 30.3 Å². The van der Waals surface area contributed by atoms with Gasteiger partial charge in [-0.05, 0) is 24.6 Å². The highest BCUT2D eigenvalue weighted by Gasteiger charge is 2.17. The van der Waals surface area contributed by atoms with Gasteiger partial charge in [-0.15, -0.1) is 12.4 Å². The lowest BCUT2D eigenvalue weighted by Gasteiger charge is -2.27. The summed E-state index contributed by atoms with van der Waals surface area (Å²) >= 11 is 0. The highest BCUT2D eigenvalue weighted by atomic mass is 35.5. The molecule has 1 aromatic carbocycles. The van der Waals surface area contributed by atoms with Gasteiger partial charge in [-0.3, -0.25) is 14.4 Å². The molecule has 0 spiro atoms. The average molecular weight is 448 g/mol. The van der Waals surface area contributed by atoms with Crippen LogP contribution in [0.25, 0.3) is 0 Å². The number of benzene rings is 1. The van der Waals surface area contributed by atoms with Crippen LogP contribution < -0.4 is 21.5 Å². The maximum absolute atomic E-state index is 12.7. The van der Waals surface area contributed by atoms with Crippen LogP contribution in [0.1, 0.15) is 32.7 Å². The number of pyridine rings is 1. The largest absolute Gasteiger partial charge is 0.355 e. The summed E-state index contributed by atoms with van der Waals surface area (Å²) in [5.41, 5.74) is 0.748. The molecule has 9 heteroatoms. The van der Waals surface area contributed by atoms with Crippen LogP contribution >= 0.6 is 12.4 Å². The van der Waals surface area contributed by atoms with Crippen LogP contribution in [0.2, 0.25) is 0 Å². The number of aromatic nitrogens is 1. The van der Waals surface area contributed by atoms with Gasteiger partial charge in [0.2, 0.25) is 0 Å². The average Bonchev–Trinajstić information content (AvgIpc) is 2.78. The van der Waals surface area contributed by atoms with Gasteiger partial charge in [0.05, 0.1) is 12.1 Å². The molecular formula is C22H30ClN5O3. The smallest absolute Gasteiger partial charge is 0.263 e. The van der Waals surface area contributed by atoms with Crippen molar-refractivity contribution in [2.75, 3.05) is 46.3 Å². The van der Waals surface area contributed by atoms with Crippen LogP contribution in [0, 0.1) is 0 Å². The number of piperazine rings is 1. The highest BCUT2D eigenvalue weighted by Crippen LogP contribution is 2.06. The number of halogens is 1. The number of rotatable bonds is 8. The molecule has 0 atom stereocenters. The summed E-state index contributed by atoms with van der Waals surface area (Å²) in [6.45, 7) is 5.79. The van der Waals surface area contributed by atoms with Crippen LogP contribution in [0.3, 0.4) is 0 Å². The zero-order valence-corrected chi connectivity index (χ0v) is 18.5. The zero-order valence-electron chi connectivity index (χ0n) is 17.7. The fraction of sp³-hybridized carbons (Fsp3) is 0.409. The lowest BCUT2D eigenvalue weighted by Crippen LogP contribution is -2.44. The number of nitrogens with one attached hydrogen (secondary N) is 3. The van der Waals surface area contributed by atoms with E-state index in [4.69, 9.17) is 0 Å². The summed E-state index contributed by atoms with van der Waals surface area (Å²) in [5.74, 6) is -0.794. The van der Waals surface area contributed by atoms with Crippen molar-refractivity contribution in [3.63, 3.8) is 0 Å². The maximum atomic E-state index is 12.7. The number of hydrogen-bond donors (Lipinski definition) is 3. The van der Waals surface area contributed by atoms with Gasteiger partial charge < -0.3 is 25.4 Å². The Hall–Kier alpha value is -2.68. The van der Waals surface area contributed by atoms with Crippen molar-refractivity contribution in [3.8, 4) is 0 Å². The van der Waals surface area contributed by atoms with Crippen LogP contribution in [-0.4, -0.2) is 67.6 Å². The third kappa shape index (κ3) is 6.92. The Labute approximate surface area is 188 Å². The Morgan fingerprint density at radius 3 is 2.48 bits per heavy atom. The zero-order chi connectivity index (χ0) is 21.3. The van der Waals surface area contributed by atoms with Crippen molar-refractivity contribution >= 4 is 24.2 Å². The molecular weight excluding hydrogens is 418 g/mol. The molecule has 0 bridgehead atoms. The molecule has 0 aliphatic carbocycles. The maximum Gasteiger partial charge on any atom is 0.263 e. The normalized spacial score (nSPS) is 13.8. The van der Waals surface area contributed by atoms with Gasteiger partial charge in [0, 0.05) is 46.0 Å². The van der Waals surface area contributed by atoms with Crippen molar-refractivity contribution in [2.24, 2.45) is 0 Å². The highest BCUT2D eigenvalue weighted by molar-refractivity contribution is 5.99. The molecule has 3 N–H and O–H groups in total. The SMILES string of the molecule is CNC(=O)c1cc(C(=O)NCCCN2CCNCC2)cn(Cc2ccccc2)c1=O.Cl. The second-order valence-corrected chi connectivity index (χ2v) is 7.34. The second kappa shape index (κ2) is 12.2. The first-order chi connectivity index (χ1) is 14.6. The molecule has 8 nitrogen and oxygen atoms in total. The summed E-state index contributed by atoms with van der Waals surface area (Å²) in [6.07, 6.45) is 2.37. The molecule has 168 valence electrons. The van der Waals surface area contributed by atoms with Gasteiger partial charge >= 0.3 is 0 Å². The molecule has 1 saturated heterocycles. The molecule has 31 heavy (non-hydrogen) atoms. The molecule has 3 rings (SSSR count). The molecule has 1 aromatic heterocycles. The Kier molecular flexibility index (Phi) is 9.71. The summed E-state index contributed by atoms with van der Waals surface area (Å²) in [5, 5.41) is 8.70. The first-order valence-corrected chi connectivity index (χ1v) is 10.3. The van der Waals surface area contributed by atoms with Gasteiger partial charge in [0.1, 0.15) is 5.56 Å². The van der Waals surface area contributed by atoms with Crippen LogP contribution in [0.5, 0.6) is 0 Å². The van der Waals surface area contributed by atoms with Crippen LogP contribution in [0.4, 0.5) is 0 Å². The number of amides is 2. The van der Waals surface area contributed by atoms with E-state index in [0.29, 0.717) is 12.1 Å². The van der Waals surface area contributed by atoms with Crippen molar-refractivity contribution < 1.29 is 9.59 Å². The Morgan fingerprint density at radius 2 is 1.81 bits per heavy atom. The monoisotopic (exact) mass is 447 g/mol. The molecule has 2 amide bonds. The van der Waals surface area contributed by atoms with E-state index in [1.165, 1.54) is 23.9 Å². The van der Waals surface area contributed by atoms with E-state index in [9.17, 15) is 14.4 Å². The number of nitrogens with zero attached hydrogens (tertiary/aromatic N) is 2.